The summed E-state index contributed by atoms with van der Waals surface area (Å²) in [5.41, 5.74) is 7.01. The fraction of sp³-hybridized carbons (Fsp3) is 0.500. The summed E-state index contributed by atoms with van der Waals surface area (Å²) < 4.78 is 1.23. The molecule has 1 aromatic rings. The molecular formula is C8H13N5O5. The van der Waals surface area contributed by atoms with Crippen LogP contribution in [0.25, 0.3) is 0 Å². The highest BCUT2D eigenvalue weighted by molar-refractivity contribution is 5.74. The Morgan fingerprint density at radius 2 is 2.50 bits per heavy atom. The van der Waals surface area contributed by atoms with Crippen molar-refractivity contribution >= 4 is 11.6 Å². The highest BCUT2D eigenvalue weighted by atomic mass is 16.6. The number of aliphatic hydroxyl groups excluding tert-OH is 1. The van der Waals surface area contributed by atoms with Crippen LogP contribution < -0.4 is 11.2 Å². The summed E-state index contributed by atoms with van der Waals surface area (Å²) in [4.78, 5) is 24.8. The van der Waals surface area contributed by atoms with E-state index in [2.05, 4.69) is 15.4 Å². The van der Waals surface area contributed by atoms with Gasteiger partial charge < -0.3 is 10.8 Å². The van der Waals surface area contributed by atoms with Crippen molar-refractivity contribution in [3.05, 3.63) is 22.5 Å². The van der Waals surface area contributed by atoms with E-state index >= 15 is 0 Å². The number of carbonyl (C=O) groups excluding carboxylic acids is 1. The molecule has 100 valence electrons. The summed E-state index contributed by atoms with van der Waals surface area (Å²) in [7, 11) is 0. The van der Waals surface area contributed by atoms with Crippen molar-refractivity contribution in [2.45, 2.75) is 12.6 Å². The lowest BCUT2D eigenvalue weighted by atomic mass is 10.3. The number of nitrogens with two attached hydrogens (primary N) is 1. The lowest BCUT2D eigenvalue weighted by Crippen LogP contribution is -2.33. The van der Waals surface area contributed by atoms with Crippen LogP contribution in [0.3, 0.4) is 0 Å². The predicted octanol–water partition coefficient (Wildman–Crippen LogP) is -1.84. The average Bonchev–Trinajstić information content (AvgIpc) is 2.72. The summed E-state index contributed by atoms with van der Waals surface area (Å²) in [6.45, 7) is -0.221. The molecule has 0 bridgehead atoms. The Kier molecular flexibility index (Phi) is 5.17. The van der Waals surface area contributed by atoms with Crippen LogP contribution in [0.2, 0.25) is 0 Å². The number of carbonyl (C=O) groups is 1. The predicted molar refractivity (Wildman–Crippen MR) is 58.0 cm³/mol. The number of hydrogen-bond acceptors (Lipinski definition) is 7. The fourth-order valence-electron chi connectivity index (χ4n) is 1.10. The van der Waals surface area contributed by atoms with Gasteiger partial charge in [-0.25, -0.2) is 0 Å². The Labute approximate surface area is 101 Å². The second-order valence-corrected chi connectivity index (χ2v) is 3.43. The maximum absolute atomic E-state index is 10.4. The van der Waals surface area contributed by atoms with Gasteiger partial charge >= 0.3 is 5.69 Å². The minimum atomic E-state index is -0.877. The van der Waals surface area contributed by atoms with Gasteiger partial charge in [0.15, 0.2) is 0 Å². The third-order valence-electron chi connectivity index (χ3n) is 1.86. The molecule has 0 aliphatic rings. The number of primary amides is 1. The molecule has 1 atom stereocenters. The van der Waals surface area contributed by atoms with Crippen molar-refractivity contribution in [3.63, 3.8) is 0 Å². The van der Waals surface area contributed by atoms with Gasteiger partial charge in [-0.1, -0.05) is 0 Å². The molecule has 0 aromatic carbocycles. The highest BCUT2D eigenvalue weighted by Crippen LogP contribution is 2.07. The first-order chi connectivity index (χ1) is 8.49. The molecule has 18 heavy (non-hydrogen) atoms. The molecule has 1 rings (SSSR count). The Bertz CT molecular complexity index is 420. The lowest BCUT2D eigenvalue weighted by molar-refractivity contribution is -0.385. The zero-order valence-electron chi connectivity index (χ0n) is 9.35. The molecule has 1 heterocycles. The van der Waals surface area contributed by atoms with Gasteiger partial charge in [0, 0.05) is 6.54 Å². The van der Waals surface area contributed by atoms with E-state index in [-0.39, 0.29) is 25.4 Å². The Balaban J connectivity index is 2.28. The number of amides is 1. The van der Waals surface area contributed by atoms with Crippen molar-refractivity contribution in [2.75, 3.05) is 13.2 Å². The van der Waals surface area contributed by atoms with Crippen molar-refractivity contribution in [1.82, 2.24) is 15.3 Å². The van der Waals surface area contributed by atoms with Gasteiger partial charge in [-0.15, -0.1) is 0 Å². The monoisotopic (exact) mass is 259 g/mol. The minimum absolute atomic E-state index is 0.0287. The smallest absolute Gasteiger partial charge is 0.306 e. The van der Waals surface area contributed by atoms with E-state index in [1.165, 1.54) is 10.9 Å². The molecule has 1 amide bonds. The molecule has 1 aromatic heterocycles. The molecule has 0 saturated heterocycles. The van der Waals surface area contributed by atoms with E-state index in [9.17, 15) is 20.0 Å². The first-order valence-electron chi connectivity index (χ1n) is 4.97. The summed E-state index contributed by atoms with van der Waals surface area (Å²) in [6.07, 6.45) is 1.41. The van der Waals surface area contributed by atoms with E-state index < -0.39 is 16.9 Å². The van der Waals surface area contributed by atoms with Gasteiger partial charge in [-0.3, -0.25) is 24.4 Å². The maximum atomic E-state index is 10.4. The molecule has 1 unspecified atom stereocenters. The van der Waals surface area contributed by atoms with Crippen LogP contribution in [-0.2, 0) is 16.2 Å². The first kappa shape index (κ1) is 14.0. The third-order valence-corrected chi connectivity index (χ3v) is 1.86. The van der Waals surface area contributed by atoms with Crippen LogP contribution in [0.4, 0.5) is 5.69 Å². The van der Waals surface area contributed by atoms with Gasteiger partial charge in [0.1, 0.15) is 19.0 Å². The number of nitrogens with one attached hydrogen (secondary N) is 1. The Morgan fingerprint density at radius 3 is 3.06 bits per heavy atom. The minimum Gasteiger partial charge on any atom is -0.390 e. The summed E-state index contributed by atoms with van der Waals surface area (Å²) in [6, 6.07) is 0. The number of aliphatic hydroxyl groups is 1. The molecule has 4 N–H and O–H groups in total. The molecule has 10 nitrogen and oxygen atoms in total. The second kappa shape index (κ2) is 6.64. The average molecular weight is 259 g/mol. The third kappa shape index (κ3) is 4.86. The SMILES string of the molecule is NC(=O)CONCC(O)Cn1cc([N+](=O)[O-])cn1. The van der Waals surface area contributed by atoms with Gasteiger partial charge in [-0.05, 0) is 0 Å². The van der Waals surface area contributed by atoms with Crippen LogP contribution in [0, 0.1) is 10.1 Å². The number of hydrogen-bond donors (Lipinski definition) is 3. The van der Waals surface area contributed by atoms with E-state index in [1.54, 1.807) is 0 Å². The molecule has 0 spiro atoms. The first-order valence-corrected chi connectivity index (χ1v) is 4.97. The van der Waals surface area contributed by atoms with E-state index in [0.29, 0.717) is 0 Å². The summed E-state index contributed by atoms with van der Waals surface area (Å²) in [5, 5.41) is 23.6. The van der Waals surface area contributed by atoms with Crippen molar-refractivity contribution < 1.29 is 19.7 Å². The van der Waals surface area contributed by atoms with Crippen LogP contribution in [0.5, 0.6) is 0 Å². The second-order valence-electron chi connectivity index (χ2n) is 3.43. The lowest BCUT2D eigenvalue weighted by Gasteiger charge is -2.10. The molecule has 0 radical (unpaired) electrons. The molecule has 10 heteroatoms. The zero-order valence-corrected chi connectivity index (χ0v) is 9.35. The van der Waals surface area contributed by atoms with Crippen molar-refractivity contribution in [1.29, 1.82) is 0 Å². The van der Waals surface area contributed by atoms with Gasteiger partial charge in [0.25, 0.3) is 0 Å². The molecule has 0 saturated carbocycles. The summed E-state index contributed by atoms with van der Waals surface area (Å²) in [5.74, 6) is -0.639. The number of nitro groups is 1. The number of rotatable bonds is 8. The zero-order chi connectivity index (χ0) is 13.5. The maximum Gasteiger partial charge on any atom is 0.306 e. The van der Waals surface area contributed by atoms with Crippen molar-refractivity contribution in [2.24, 2.45) is 5.73 Å². The topological polar surface area (TPSA) is 146 Å². The van der Waals surface area contributed by atoms with E-state index in [0.717, 1.165) is 6.20 Å². The van der Waals surface area contributed by atoms with E-state index in [4.69, 9.17) is 5.73 Å². The van der Waals surface area contributed by atoms with Crippen LogP contribution in [0.15, 0.2) is 12.4 Å². The Morgan fingerprint density at radius 1 is 1.78 bits per heavy atom. The van der Waals surface area contributed by atoms with Gasteiger partial charge in [0.2, 0.25) is 5.91 Å². The van der Waals surface area contributed by atoms with Crippen LogP contribution >= 0.6 is 0 Å². The molecular weight excluding hydrogens is 246 g/mol. The van der Waals surface area contributed by atoms with Crippen LogP contribution in [0.1, 0.15) is 0 Å². The number of hydroxylamine groups is 1. The summed E-state index contributed by atoms with van der Waals surface area (Å²) >= 11 is 0. The quantitative estimate of drug-likeness (QED) is 0.282. The number of nitrogens with zero attached hydrogens (tertiary/aromatic N) is 3. The fourth-order valence-corrected chi connectivity index (χ4v) is 1.10. The molecule has 0 aliphatic heterocycles. The normalized spacial score (nSPS) is 12.3. The largest absolute Gasteiger partial charge is 0.390 e. The standard InChI is InChI=1S/C8H13N5O5/c9-8(15)5-18-11-2-7(14)4-12-3-6(1-10-12)13(16)17/h1,3,7,11,14H,2,4-5H2,(H2,9,15). The molecule has 0 aliphatic carbocycles. The van der Waals surface area contributed by atoms with Crippen LogP contribution in [-0.4, -0.2) is 45.0 Å². The number of aromatic nitrogens is 2. The van der Waals surface area contributed by atoms with E-state index in [1.807, 2.05) is 0 Å². The molecule has 0 fully saturated rings. The van der Waals surface area contributed by atoms with Gasteiger partial charge in [-0.2, -0.15) is 10.6 Å². The highest BCUT2D eigenvalue weighted by Gasteiger charge is 2.11. The van der Waals surface area contributed by atoms with Gasteiger partial charge in [0.05, 0.1) is 17.6 Å². The Hall–Kier alpha value is -2.04. The van der Waals surface area contributed by atoms with Crippen molar-refractivity contribution in [3.8, 4) is 0 Å².